The van der Waals surface area contributed by atoms with Crippen molar-refractivity contribution in [3.63, 3.8) is 0 Å². The van der Waals surface area contributed by atoms with Crippen LogP contribution in [0.3, 0.4) is 0 Å². The van der Waals surface area contributed by atoms with Gasteiger partial charge in [-0.25, -0.2) is 13.4 Å². The summed E-state index contributed by atoms with van der Waals surface area (Å²) in [5, 5.41) is 0. The van der Waals surface area contributed by atoms with Crippen LogP contribution in [0.4, 0.5) is 0 Å². The highest BCUT2D eigenvalue weighted by Crippen LogP contribution is 2.28. The third-order valence-electron chi connectivity index (χ3n) is 5.26. The van der Waals surface area contributed by atoms with Crippen LogP contribution in [0.2, 0.25) is 0 Å². The lowest BCUT2D eigenvalue weighted by Crippen LogP contribution is -2.42. The highest BCUT2D eigenvalue weighted by Gasteiger charge is 2.33. The van der Waals surface area contributed by atoms with Crippen LogP contribution in [0.1, 0.15) is 45.6 Å². The second-order valence-electron chi connectivity index (χ2n) is 8.51. The van der Waals surface area contributed by atoms with Crippen molar-refractivity contribution in [1.29, 1.82) is 0 Å². The molecule has 0 amide bonds. The quantitative estimate of drug-likeness (QED) is 0.782. The average Bonchev–Trinajstić information content (AvgIpc) is 3.10. The van der Waals surface area contributed by atoms with E-state index in [2.05, 4.69) is 25.8 Å². The molecule has 5 nitrogen and oxygen atoms in total. The van der Waals surface area contributed by atoms with E-state index in [0.29, 0.717) is 23.9 Å². The summed E-state index contributed by atoms with van der Waals surface area (Å²) in [6.45, 7) is 9.52. The summed E-state index contributed by atoms with van der Waals surface area (Å²) >= 11 is 0. The van der Waals surface area contributed by atoms with Gasteiger partial charge in [-0.15, -0.1) is 0 Å². The first-order chi connectivity index (χ1) is 12.7. The van der Waals surface area contributed by atoms with Gasteiger partial charge in [0.05, 0.1) is 10.9 Å². The number of aliphatic imine (C=N–C) groups is 1. The standard InChI is InChI=1S/C21H30N2O3S/c1-16-8-11-18(12-9-16)27(24,25)23-14-6-5-7-17(23)10-13-20-22-19(15-26-20)21(2,3)4/h8-13,17,19H,5-7,14-15H2,1-4H3/b13-10-/t17-,19-/m1/s1. The summed E-state index contributed by atoms with van der Waals surface area (Å²) in [5.74, 6) is 0.605. The highest BCUT2D eigenvalue weighted by molar-refractivity contribution is 7.89. The van der Waals surface area contributed by atoms with E-state index in [1.165, 1.54) is 0 Å². The monoisotopic (exact) mass is 390 g/mol. The van der Waals surface area contributed by atoms with Gasteiger partial charge in [-0.2, -0.15) is 4.31 Å². The predicted octanol–water partition coefficient (Wildman–Crippen LogP) is 3.94. The maximum atomic E-state index is 13.1. The Bertz CT molecular complexity index is 820. The molecule has 2 aliphatic rings. The fourth-order valence-corrected chi connectivity index (χ4v) is 5.04. The van der Waals surface area contributed by atoms with Crippen LogP contribution < -0.4 is 0 Å². The van der Waals surface area contributed by atoms with Crippen molar-refractivity contribution in [3.05, 3.63) is 42.0 Å². The lowest BCUT2D eigenvalue weighted by molar-refractivity contribution is 0.236. The van der Waals surface area contributed by atoms with Crippen LogP contribution in [0.15, 0.2) is 46.3 Å². The van der Waals surface area contributed by atoms with E-state index < -0.39 is 10.0 Å². The van der Waals surface area contributed by atoms with E-state index in [1.807, 2.05) is 31.2 Å². The molecule has 0 unspecified atom stereocenters. The van der Waals surface area contributed by atoms with Crippen molar-refractivity contribution in [3.8, 4) is 0 Å². The van der Waals surface area contributed by atoms with Gasteiger partial charge in [0.25, 0.3) is 0 Å². The molecule has 1 aromatic rings. The lowest BCUT2D eigenvalue weighted by atomic mass is 9.88. The normalized spacial score (nSPS) is 24.8. The third kappa shape index (κ3) is 4.61. The first-order valence-electron chi connectivity index (χ1n) is 9.65. The van der Waals surface area contributed by atoms with Gasteiger partial charge < -0.3 is 4.74 Å². The van der Waals surface area contributed by atoms with Crippen molar-refractivity contribution in [2.45, 2.75) is 63.9 Å². The third-order valence-corrected chi connectivity index (χ3v) is 7.20. The number of piperidine rings is 1. The van der Waals surface area contributed by atoms with E-state index in [-0.39, 0.29) is 17.5 Å². The SMILES string of the molecule is Cc1ccc(S(=O)(=O)N2CCCC[C@@H]2/C=C\C2=N[C@@H](C(C)(C)C)CO2)cc1. The van der Waals surface area contributed by atoms with Gasteiger partial charge in [0.1, 0.15) is 6.61 Å². The summed E-state index contributed by atoms with van der Waals surface area (Å²) < 4.78 is 33.6. The van der Waals surface area contributed by atoms with Gasteiger partial charge >= 0.3 is 0 Å². The summed E-state index contributed by atoms with van der Waals surface area (Å²) in [7, 11) is -3.51. The minimum absolute atomic E-state index is 0.0568. The molecule has 1 aromatic carbocycles. The molecule has 1 saturated heterocycles. The summed E-state index contributed by atoms with van der Waals surface area (Å²) in [4.78, 5) is 5.00. The van der Waals surface area contributed by atoms with E-state index in [0.717, 1.165) is 24.8 Å². The first kappa shape index (κ1) is 20.1. The second kappa shape index (κ2) is 7.76. The van der Waals surface area contributed by atoms with E-state index in [9.17, 15) is 8.42 Å². The Morgan fingerprint density at radius 2 is 1.89 bits per heavy atom. The molecule has 0 spiro atoms. The molecule has 2 atom stereocenters. The van der Waals surface area contributed by atoms with Gasteiger partial charge in [-0.05, 0) is 43.4 Å². The lowest BCUT2D eigenvalue weighted by Gasteiger charge is -2.33. The Hall–Kier alpha value is -1.66. The topological polar surface area (TPSA) is 59.0 Å². The predicted molar refractivity (Wildman–Crippen MR) is 108 cm³/mol. The van der Waals surface area contributed by atoms with Crippen LogP contribution in [0.25, 0.3) is 0 Å². The molecule has 0 aromatic heterocycles. The van der Waals surface area contributed by atoms with Gasteiger partial charge in [-0.3, -0.25) is 0 Å². The first-order valence-corrected chi connectivity index (χ1v) is 11.1. The molecule has 3 rings (SSSR count). The van der Waals surface area contributed by atoms with E-state index in [4.69, 9.17) is 4.74 Å². The number of ether oxygens (including phenoxy) is 1. The molecule has 0 radical (unpaired) electrons. The maximum absolute atomic E-state index is 13.1. The Kier molecular flexibility index (Phi) is 5.77. The average molecular weight is 391 g/mol. The van der Waals surface area contributed by atoms with Crippen molar-refractivity contribution < 1.29 is 13.2 Å². The fourth-order valence-electron chi connectivity index (χ4n) is 3.39. The second-order valence-corrected chi connectivity index (χ2v) is 10.4. The van der Waals surface area contributed by atoms with Crippen LogP contribution in [0.5, 0.6) is 0 Å². The number of nitrogens with zero attached hydrogens (tertiary/aromatic N) is 2. The van der Waals surface area contributed by atoms with Crippen molar-refractivity contribution in [1.82, 2.24) is 4.31 Å². The molecule has 2 aliphatic heterocycles. The fraction of sp³-hybridized carbons (Fsp3) is 0.571. The molecule has 2 heterocycles. The maximum Gasteiger partial charge on any atom is 0.243 e. The van der Waals surface area contributed by atoms with Gasteiger partial charge in [0, 0.05) is 12.6 Å². The number of aryl methyl sites for hydroxylation is 1. The Morgan fingerprint density at radius 3 is 2.52 bits per heavy atom. The summed E-state index contributed by atoms with van der Waals surface area (Å²) in [6, 6.07) is 7.04. The van der Waals surface area contributed by atoms with Crippen LogP contribution in [-0.4, -0.2) is 43.9 Å². The van der Waals surface area contributed by atoms with Crippen LogP contribution in [0, 0.1) is 12.3 Å². The number of hydrogen-bond acceptors (Lipinski definition) is 4. The zero-order valence-corrected chi connectivity index (χ0v) is 17.5. The van der Waals surface area contributed by atoms with E-state index in [1.54, 1.807) is 16.4 Å². The number of rotatable bonds is 4. The number of hydrogen-bond donors (Lipinski definition) is 0. The largest absolute Gasteiger partial charge is 0.476 e. The molecule has 0 N–H and O–H groups in total. The number of sulfonamides is 1. The Morgan fingerprint density at radius 1 is 1.19 bits per heavy atom. The minimum Gasteiger partial charge on any atom is -0.476 e. The van der Waals surface area contributed by atoms with Gasteiger partial charge in [0.15, 0.2) is 0 Å². The van der Waals surface area contributed by atoms with E-state index >= 15 is 0 Å². The molecule has 6 heteroatoms. The zero-order valence-electron chi connectivity index (χ0n) is 16.7. The van der Waals surface area contributed by atoms with Gasteiger partial charge in [-0.1, -0.05) is 51.0 Å². The van der Waals surface area contributed by atoms with Crippen molar-refractivity contribution in [2.24, 2.45) is 10.4 Å². The van der Waals surface area contributed by atoms with Crippen LogP contribution >= 0.6 is 0 Å². The molecule has 0 saturated carbocycles. The summed E-state index contributed by atoms with van der Waals surface area (Å²) in [5.41, 5.74) is 1.11. The van der Waals surface area contributed by atoms with Crippen molar-refractivity contribution in [2.75, 3.05) is 13.2 Å². The molecule has 0 aliphatic carbocycles. The van der Waals surface area contributed by atoms with Crippen molar-refractivity contribution >= 4 is 15.9 Å². The Labute approximate surface area is 163 Å². The number of benzene rings is 1. The molecule has 0 bridgehead atoms. The smallest absolute Gasteiger partial charge is 0.243 e. The minimum atomic E-state index is -3.51. The van der Waals surface area contributed by atoms with Gasteiger partial charge in [0.2, 0.25) is 15.9 Å². The molecule has 1 fully saturated rings. The highest BCUT2D eigenvalue weighted by atomic mass is 32.2. The summed E-state index contributed by atoms with van der Waals surface area (Å²) in [6.07, 6.45) is 6.51. The molecule has 148 valence electrons. The zero-order chi connectivity index (χ0) is 19.7. The molecular formula is C21H30N2O3S. The van der Waals surface area contributed by atoms with Crippen LogP contribution in [-0.2, 0) is 14.8 Å². The Balaban J connectivity index is 1.79. The molecular weight excluding hydrogens is 360 g/mol. The molecule has 27 heavy (non-hydrogen) atoms.